The molecule has 0 aliphatic carbocycles. The van der Waals surface area contributed by atoms with E-state index in [0.29, 0.717) is 29.5 Å². The normalized spacial score (nSPS) is 15.6. The minimum Gasteiger partial charge on any atom is -0.493 e. The number of hydrogen-bond acceptors (Lipinski definition) is 5. The van der Waals surface area contributed by atoms with Crippen LogP contribution in [-0.2, 0) is 6.67 Å². The Morgan fingerprint density at radius 2 is 1.79 bits per heavy atom. The highest BCUT2D eigenvalue weighted by atomic mass is 16.5. The molecule has 0 amide bonds. The summed E-state index contributed by atoms with van der Waals surface area (Å²) >= 11 is 0. The third-order valence-corrected chi connectivity index (χ3v) is 5.55. The molecule has 0 N–H and O–H groups in total. The number of benzene rings is 2. The first-order valence-electron chi connectivity index (χ1n) is 9.59. The number of rotatable bonds is 5. The molecule has 2 aromatic carbocycles. The summed E-state index contributed by atoms with van der Waals surface area (Å²) in [7, 11) is 3.12. The fourth-order valence-electron chi connectivity index (χ4n) is 4.01. The van der Waals surface area contributed by atoms with E-state index >= 15 is 0 Å². The highest BCUT2D eigenvalue weighted by Gasteiger charge is 2.22. The maximum atomic E-state index is 13.1. The maximum absolute atomic E-state index is 13.1. The number of aromatic nitrogens is 2. The third-order valence-electron chi connectivity index (χ3n) is 5.55. The van der Waals surface area contributed by atoms with Gasteiger partial charge in [-0.3, -0.25) is 9.69 Å². The lowest BCUT2D eigenvalue weighted by molar-refractivity contribution is 0.158. The first kappa shape index (κ1) is 18.5. The van der Waals surface area contributed by atoms with Crippen LogP contribution in [0.1, 0.15) is 24.3 Å². The molecule has 3 aromatic rings. The van der Waals surface area contributed by atoms with E-state index < -0.39 is 0 Å². The van der Waals surface area contributed by atoms with Crippen LogP contribution in [0.3, 0.4) is 0 Å². The Labute approximate surface area is 164 Å². The largest absolute Gasteiger partial charge is 0.493 e. The van der Waals surface area contributed by atoms with E-state index in [4.69, 9.17) is 9.47 Å². The van der Waals surface area contributed by atoms with E-state index in [1.165, 1.54) is 10.2 Å². The summed E-state index contributed by atoms with van der Waals surface area (Å²) in [5.41, 5.74) is 1.25. The second-order valence-corrected chi connectivity index (χ2v) is 7.16. The first-order chi connectivity index (χ1) is 13.7. The van der Waals surface area contributed by atoms with Gasteiger partial charge in [0.2, 0.25) is 0 Å². The van der Waals surface area contributed by atoms with Crippen LogP contribution in [0.25, 0.3) is 10.8 Å². The zero-order valence-electron chi connectivity index (χ0n) is 16.3. The molecule has 0 saturated carbocycles. The van der Waals surface area contributed by atoms with Crippen LogP contribution in [0.15, 0.2) is 53.5 Å². The number of nitrogens with zero attached hydrogens (tertiary/aromatic N) is 3. The quantitative estimate of drug-likeness (QED) is 0.681. The highest BCUT2D eigenvalue weighted by molar-refractivity contribution is 5.89. The van der Waals surface area contributed by atoms with Crippen molar-refractivity contribution in [1.82, 2.24) is 14.7 Å². The van der Waals surface area contributed by atoms with Crippen LogP contribution < -0.4 is 15.0 Å². The van der Waals surface area contributed by atoms with Gasteiger partial charge in [0.05, 0.1) is 32.5 Å². The van der Waals surface area contributed by atoms with E-state index in [9.17, 15) is 4.79 Å². The third kappa shape index (κ3) is 3.47. The van der Waals surface area contributed by atoms with Crippen molar-refractivity contribution in [2.75, 3.05) is 27.3 Å². The van der Waals surface area contributed by atoms with Gasteiger partial charge < -0.3 is 9.47 Å². The summed E-state index contributed by atoms with van der Waals surface area (Å²) in [6, 6.07) is 14.3. The number of likely N-dealkylation sites (tertiary alicyclic amines) is 1. The molecular weight excluding hydrogens is 354 g/mol. The first-order valence-corrected chi connectivity index (χ1v) is 9.59. The van der Waals surface area contributed by atoms with Crippen molar-refractivity contribution in [2.45, 2.75) is 25.4 Å². The summed E-state index contributed by atoms with van der Waals surface area (Å²) in [5, 5.41) is 5.64. The van der Waals surface area contributed by atoms with Crippen LogP contribution >= 0.6 is 0 Å². The summed E-state index contributed by atoms with van der Waals surface area (Å²) in [6.45, 7) is 2.37. The summed E-state index contributed by atoms with van der Waals surface area (Å²) in [6.07, 6.45) is 3.89. The van der Waals surface area contributed by atoms with Crippen LogP contribution in [0.2, 0.25) is 0 Å². The molecule has 1 fully saturated rings. The molecule has 0 atom stereocenters. The molecular formula is C22H25N3O3. The minimum absolute atomic E-state index is 0.154. The van der Waals surface area contributed by atoms with Gasteiger partial charge in [0.25, 0.3) is 5.56 Å². The van der Waals surface area contributed by atoms with Crippen molar-refractivity contribution in [3.8, 4) is 11.5 Å². The van der Waals surface area contributed by atoms with Crippen LogP contribution in [0.5, 0.6) is 11.5 Å². The minimum atomic E-state index is -0.154. The average molecular weight is 379 g/mol. The molecule has 1 aromatic heterocycles. The fourth-order valence-corrected chi connectivity index (χ4v) is 4.01. The van der Waals surface area contributed by atoms with E-state index in [-0.39, 0.29) is 5.56 Å². The Hall–Kier alpha value is -2.86. The summed E-state index contributed by atoms with van der Waals surface area (Å²) in [5.74, 6) is 1.60. The Morgan fingerprint density at radius 1 is 1.04 bits per heavy atom. The predicted octanol–water partition coefficient (Wildman–Crippen LogP) is 3.25. The standard InChI is InChI=1S/C22H25N3O3/c1-27-19-9-8-18-14-23-25(22(26)20(18)21(19)28-2)15-24-12-10-17(11-13-24)16-6-4-3-5-7-16/h3-9,14,17H,10-13,15H2,1-2H3. The molecule has 28 heavy (non-hydrogen) atoms. The zero-order valence-corrected chi connectivity index (χ0v) is 16.3. The smallest absolute Gasteiger partial charge is 0.279 e. The summed E-state index contributed by atoms with van der Waals surface area (Å²) < 4.78 is 12.3. The second kappa shape index (κ2) is 8.02. The number of ether oxygens (including phenoxy) is 2. The van der Waals surface area contributed by atoms with E-state index in [1.54, 1.807) is 26.5 Å². The average Bonchev–Trinajstić information content (AvgIpc) is 2.76. The van der Waals surface area contributed by atoms with Gasteiger partial charge in [0.1, 0.15) is 0 Å². The molecule has 0 unspecified atom stereocenters. The van der Waals surface area contributed by atoms with Crippen molar-refractivity contribution >= 4 is 10.8 Å². The topological polar surface area (TPSA) is 56.6 Å². The van der Waals surface area contributed by atoms with E-state index in [1.807, 2.05) is 6.07 Å². The van der Waals surface area contributed by atoms with Crippen molar-refractivity contribution in [1.29, 1.82) is 0 Å². The van der Waals surface area contributed by atoms with Gasteiger partial charge in [-0.15, -0.1) is 0 Å². The van der Waals surface area contributed by atoms with Gasteiger partial charge in [-0.25, -0.2) is 4.68 Å². The lowest BCUT2D eigenvalue weighted by Crippen LogP contribution is -2.38. The molecule has 146 valence electrons. The molecule has 0 radical (unpaired) electrons. The van der Waals surface area contributed by atoms with Gasteiger partial charge in [0.15, 0.2) is 11.5 Å². The SMILES string of the molecule is COc1ccc2cnn(CN3CCC(c4ccccc4)CC3)c(=O)c2c1OC. The molecule has 1 aliphatic rings. The Morgan fingerprint density at radius 3 is 2.46 bits per heavy atom. The molecule has 6 heteroatoms. The highest BCUT2D eigenvalue weighted by Crippen LogP contribution is 2.33. The van der Waals surface area contributed by atoms with Crippen LogP contribution in [0, 0.1) is 0 Å². The van der Waals surface area contributed by atoms with Crippen LogP contribution in [-0.4, -0.2) is 42.0 Å². The van der Waals surface area contributed by atoms with Crippen molar-refractivity contribution in [3.05, 3.63) is 64.6 Å². The Kier molecular flexibility index (Phi) is 5.30. The Bertz CT molecular complexity index is 1010. The predicted molar refractivity (Wildman–Crippen MR) is 109 cm³/mol. The van der Waals surface area contributed by atoms with Gasteiger partial charge in [-0.2, -0.15) is 5.10 Å². The van der Waals surface area contributed by atoms with Crippen molar-refractivity contribution < 1.29 is 9.47 Å². The molecule has 1 aliphatic heterocycles. The molecule has 4 rings (SSSR count). The van der Waals surface area contributed by atoms with Gasteiger partial charge in [0, 0.05) is 18.5 Å². The van der Waals surface area contributed by atoms with E-state index in [0.717, 1.165) is 31.3 Å². The van der Waals surface area contributed by atoms with Crippen molar-refractivity contribution in [3.63, 3.8) is 0 Å². The van der Waals surface area contributed by atoms with Gasteiger partial charge in [-0.05, 0) is 36.5 Å². The lowest BCUT2D eigenvalue weighted by atomic mass is 9.90. The molecule has 2 heterocycles. The summed E-state index contributed by atoms with van der Waals surface area (Å²) in [4.78, 5) is 15.4. The molecule has 1 saturated heterocycles. The molecule has 0 spiro atoms. The Balaban J connectivity index is 1.54. The number of piperidine rings is 1. The number of methoxy groups -OCH3 is 2. The fraction of sp³-hybridized carbons (Fsp3) is 0.364. The van der Waals surface area contributed by atoms with Gasteiger partial charge in [-0.1, -0.05) is 30.3 Å². The van der Waals surface area contributed by atoms with E-state index in [2.05, 4.69) is 40.3 Å². The maximum Gasteiger partial charge on any atom is 0.279 e. The lowest BCUT2D eigenvalue weighted by Gasteiger charge is -2.32. The van der Waals surface area contributed by atoms with Gasteiger partial charge >= 0.3 is 0 Å². The van der Waals surface area contributed by atoms with Crippen LogP contribution in [0.4, 0.5) is 0 Å². The molecule has 6 nitrogen and oxygen atoms in total. The number of hydrogen-bond donors (Lipinski definition) is 0. The number of fused-ring (bicyclic) bond motifs is 1. The second-order valence-electron chi connectivity index (χ2n) is 7.16. The monoisotopic (exact) mass is 379 g/mol. The molecule has 0 bridgehead atoms. The van der Waals surface area contributed by atoms with Crippen molar-refractivity contribution in [2.24, 2.45) is 0 Å². The zero-order chi connectivity index (χ0) is 19.5.